The molecule has 4 heterocycles. The van der Waals surface area contributed by atoms with Gasteiger partial charge in [-0.15, -0.1) is 0 Å². The fourth-order valence-corrected chi connectivity index (χ4v) is 3.90. The summed E-state index contributed by atoms with van der Waals surface area (Å²) in [6.45, 7) is 4.35. The Balaban J connectivity index is 1.42. The minimum absolute atomic E-state index is 0.623. The SMILES string of the molecule is Cn1cc(C2CCN(c3cc(N4CCCCC4)ncn3)CC2)cn1. The van der Waals surface area contributed by atoms with E-state index in [0.717, 1.165) is 50.7 Å². The monoisotopic (exact) mass is 326 g/mol. The van der Waals surface area contributed by atoms with Gasteiger partial charge in [0.1, 0.15) is 18.0 Å². The largest absolute Gasteiger partial charge is 0.356 e. The summed E-state index contributed by atoms with van der Waals surface area (Å²) in [7, 11) is 1.99. The molecule has 4 rings (SSSR count). The van der Waals surface area contributed by atoms with E-state index in [9.17, 15) is 0 Å². The average molecular weight is 326 g/mol. The highest BCUT2D eigenvalue weighted by Crippen LogP contribution is 2.30. The van der Waals surface area contributed by atoms with Gasteiger partial charge in [0.25, 0.3) is 0 Å². The van der Waals surface area contributed by atoms with Crippen LogP contribution in [-0.2, 0) is 7.05 Å². The molecule has 0 N–H and O–H groups in total. The number of nitrogens with zero attached hydrogens (tertiary/aromatic N) is 6. The maximum atomic E-state index is 4.53. The Labute approximate surface area is 143 Å². The lowest BCUT2D eigenvalue weighted by molar-refractivity contribution is 0.502. The first-order valence-corrected chi connectivity index (χ1v) is 9.10. The van der Waals surface area contributed by atoms with E-state index in [1.165, 1.54) is 24.8 Å². The normalized spacial score (nSPS) is 19.7. The third-order valence-electron chi connectivity index (χ3n) is 5.33. The first kappa shape index (κ1) is 15.4. The van der Waals surface area contributed by atoms with Gasteiger partial charge in [-0.25, -0.2) is 9.97 Å². The van der Waals surface area contributed by atoms with Crippen molar-refractivity contribution in [3.05, 3.63) is 30.4 Å². The highest BCUT2D eigenvalue weighted by atomic mass is 15.2. The van der Waals surface area contributed by atoms with Gasteiger partial charge in [-0.1, -0.05) is 0 Å². The van der Waals surface area contributed by atoms with Gasteiger partial charge in [-0.3, -0.25) is 4.68 Å². The second-order valence-corrected chi connectivity index (χ2v) is 6.99. The van der Waals surface area contributed by atoms with Crippen LogP contribution in [0.4, 0.5) is 11.6 Å². The van der Waals surface area contributed by atoms with Crippen LogP contribution in [0.3, 0.4) is 0 Å². The zero-order valence-electron chi connectivity index (χ0n) is 14.4. The first-order valence-electron chi connectivity index (χ1n) is 9.10. The molecular formula is C18H26N6. The van der Waals surface area contributed by atoms with E-state index in [-0.39, 0.29) is 0 Å². The molecule has 0 bridgehead atoms. The van der Waals surface area contributed by atoms with Crippen LogP contribution in [0.2, 0.25) is 0 Å². The summed E-state index contributed by atoms with van der Waals surface area (Å²) < 4.78 is 1.90. The molecule has 0 aliphatic carbocycles. The van der Waals surface area contributed by atoms with E-state index in [1.54, 1.807) is 6.33 Å². The van der Waals surface area contributed by atoms with Crippen LogP contribution in [-0.4, -0.2) is 45.9 Å². The Kier molecular flexibility index (Phi) is 4.36. The number of hydrogen-bond acceptors (Lipinski definition) is 5. The number of aryl methyl sites for hydroxylation is 1. The van der Waals surface area contributed by atoms with E-state index < -0.39 is 0 Å². The van der Waals surface area contributed by atoms with Crippen molar-refractivity contribution in [2.75, 3.05) is 36.0 Å². The summed E-state index contributed by atoms with van der Waals surface area (Å²) in [4.78, 5) is 13.8. The quantitative estimate of drug-likeness (QED) is 0.868. The summed E-state index contributed by atoms with van der Waals surface area (Å²) >= 11 is 0. The molecule has 0 radical (unpaired) electrons. The van der Waals surface area contributed by atoms with Gasteiger partial charge < -0.3 is 9.80 Å². The molecule has 0 spiro atoms. The van der Waals surface area contributed by atoms with Crippen molar-refractivity contribution in [3.8, 4) is 0 Å². The Hall–Kier alpha value is -2.11. The molecular weight excluding hydrogens is 300 g/mol. The van der Waals surface area contributed by atoms with Crippen LogP contribution in [0.1, 0.15) is 43.6 Å². The Morgan fingerprint density at radius 3 is 2.21 bits per heavy atom. The van der Waals surface area contributed by atoms with Gasteiger partial charge in [-0.05, 0) is 43.6 Å². The van der Waals surface area contributed by atoms with Gasteiger partial charge in [0.05, 0.1) is 6.20 Å². The molecule has 2 fully saturated rings. The Morgan fingerprint density at radius 1 is 0.917 bits per heavy atom. The van der Waals surface area contributed by atoms with Crippen molar-refractivity contribution in [2.24, 2.45) is 7.05 Å². The molecule has 0 saturated carbocycles. The highest BCUT2D eigenvalue weighted by Gasteiger charge is 2.23. The summed E-state index contributed by atoms with van der Waals surface area (Å²) in [5.41, 5.74) is 1.37. The molecule has 0 atom stereocenters. The molecule has 2 aromatic heterocycles. The van der Waals surface area contributed by atoms with E-state index >= 15 is 0 Å². The van der Waals surface area contributed by atoms with Crippen molar-refractivity contribution in [2.45, 2.75) is 38.0 Å². The molecule has 6 nitrogen and oxygen atoms in total. The molecule has 24 heavy (non-hydrogen) atoms. The summed E-state index contributed by atoms with van der Waals surface area (Å²) in [5, 5.41) is 4.31. The van der Waals surface area contributed by atoms with Gasteiger partial charge in [-0.2, -0.15) is 5.10 Å². The second-order valence-electron chi connectivity index (χ2n) is 6.99. The molecule has 0 amide bonds. The minimum Gasteiger partial charge on any atom is -0.356 e. The molecule has 2 aromatic rings. The molecule has 2 aliphatic heterocycles. The topological polar surface area (TPSA) is 50.1 Å². The van der Waals surface area contributed by atoms with Crippen molar-refractivity contribution in [1.82, 2.24) is 19.7 Å². The van der Waals surface area contributed by atoms with Gasteiger partial charge >= 0.3 is 0 Å². The van der Waals surface area contributed by atoms with Crippen LogP contribution in [0.5, 0.6) is 0 Å². The highest BCUT2D eigenvalue weighted by molar-refractivity contribution is 5.50. The number of aromatic nitrogens is 4. The van der Waals surface area contributed by atoms with E-state index in [4.69, 9.17) is 0 Å². The summed E-state index contributed by atoms with van der Waals surface area (Å²) in [6, 6.07) is 2.18. The lowest BCUT2D eigenvalue weighted by Gasteiger charge is -2.33. The van der Waals surface area contributed by atoms with Crippen LogP contribution in [0.25, 0.3) is 0 Å². The summed E-state index contributed by atoms with van der Waals surface area (Å²) in [6.07, 6.45) is 12.1. The van der Waals surface area contributed by atoms with Gasteiger partial charge in [0.15, 0.2) is 0 Å². The lowest BCUT2D eigenvalue weighted by Crippen LogP contribution is -2.34. The van der Waals surface area contributed by atoms with Crippen molar-refractivity contribution < 1.29 is 0 Å². The molecule has 2 saturated heterocycles. The zero-order chi connectivity index (χ0) is 16.4. The third kappa shape index (κ3) is 3.23. The van der Waals surface area contributed by atoms with E-state index in [2.05, 4.69) is 37.1 Å². The van der Waals surface area contributed by atoms with Crippen LogP contribution in [0, 0.1) is 0 Å². The number of rotatable bonds is 3. The summed E-state index contributed by atoms with van der Waals surface area (Å²) in [5.74, 6) is 2.79. The molecule has 2 aliphatic rings. The standard InChI is InChI=1S/C18H26N6/c1-22-13-16(12-21-22)15-5-9-24(10-6-15)18-11-17(19-14-20-18)23-7-3-2-4-8-23/h11-15H,2-10H2,1H3. The maximum Gasteiger partial charge on any atom is 0.134 e. The fourth-order valence-electron chi connectivity index (χ4n) is 3.90. The van der Waals surface area contributed by atoms with Crippen LogP contribution in [0.15, 0.2) is 24.8 Å². The van der Waals surface area contributed by atoms with Gasteiger partial charge in [0, 0.05) is 45.5 Å². The average Bonchev–Trinajstić information content (AvgIpc) is 3.09. The smallest absolute Gasteiger partial charge is 0.134 e. The van der Waals surface area contributed by atoms with Crippen molar-refractivity contribution in [3.63, 3.8) is 0 Å². The minimum atomic E-state index is 0.623. The number of anilines is 2. The van der Waals surface area contributed by atoms with Gasteiger partial charge in [0.2, 0.25) is 0 Å². The third-order valence-corrected chi connectivity index (χ3v) is 5.33. The predicted molar refractivity (Wildman–Crippen MR) is 95.5 cm³/mol. The predicted octanol–water partition coefficient (Wildman–Crippen LogP) is 2.58. The molecule has 128 valence electrons. The van der Waals surface area contributed by atoms with Crippen LogP contribution >= 0.6 is 0 Å². The van der Waals surface area contributed by atoms with Crippen molar-refractivity contribution in [1.29, 1.82) is 0 Å². The first-order chi connectivity index (χ1) is 11.8. The number of piperidine rings is 2. The van der Waals surface area contributed by atoms with Crippen molar-refractivity contribution >= 4 is 11.6 Å². The van der Waals surface area contributed by atoms with Crippen LogP contribution < -0.4 is 9.80 Å². The molecule has 0 unspecified atom stereocenters. The van der Waals surface area contributed by atoms with E-state index in [0.29, 0.717) is 5.92 Å². The molecule has 6 heteroatoms. The Bertz CT molecular complexity index is 668. The fraction of sp³-hybridized carbons (Fsp3) is 0.611. The van der Waals surface area contributed by atoms with E-state index in [1.807, 2.05) is 17.9 Å². The Morgan fingerprint density at radius 2 is 1.58 bits per heavy atom. The maximum absolute atomic E-state index is 4.53. The zero-order valence-corrected chi connectivity index (χ0v) is 14.4. The second kappa shape index (κ2) is 6.79. The lowest BCUT2D eigenvalue weighted by atomic mass is 9.91. The number of hydrogen-bond donors (Lipinski definition) is 0. The molecule has 0 aromatic carbocycles.